The van der Waals surface area contributed by atoms with Crippen molar-refractivity contribution in [2.75, 3.05) is 19.8 Å². The van der Waals surface area contributed by atoms with Gasteiger partial charge in [0, 0.05) is 0 Å². The van der Waals surface area contributed by atoms with Crippen LogP contribution in [0.4, 0.5) is 0 Å². The van der Waals surface area contributed by atoms with Crippen LogP contribution in [0.2, 0.25) is 0 Å². The van der Waals surface area contributed by atoms with E-state index in [1.807, 2.05) is 0 Å². The molecule has 2 aliphatic heterocycles. The molecule has 2 saturated heterocycles. The van der Waals surface area contributed by atoms with Crippen LogP contribution < -0.4 is 5.32 Å². The topological polar surface area (TPSA) is 152 Å². The molecule has 0 radical (unpaired) electrons. The van der Waals surface area contributed by atoms with Crippen molar-refractivity contribution in [1.82, 2.24) is 5.32 Å². The van der Waals surface area contributed by atoms with Crippen LogP contribution in [0, 0.1) is 0 Å². The van der Waals surface area contributed by atoms with E-state index in [1.165, 1.54) is 0 Å². The molecule has 0 bridgehead atoms. The highest BCUT2D eigenvalue weighted by atomic mass is 16.7. The summed E-state index contributed by atoms with van der Waals surface area (Å²) >= 11 is 0. The van der Waals surface area contributed by atoms with Gasteiger partial charge in [-0.3, -0.25) is 0 Å². The summed E-state index contributed by atoms with van der Waals surface area (Å²) in [6.45, 7) is -0.307. The number of hydrogen-bond donors (Lipinski definition) is 7. The number of aliphatic hydroxyl groups is 6. The first-order valence-electron chi connectivity index (χ1n) is 6.98. The second-order valence-corrected chi connectivity index (χ2v) is 5.39. The molecule has 8 atom stereocenters. The van der Waals surface area contributed by atoms with Gasteiger partial charge in [-0.2, -0.15) is 0 Å². The molecule has 0 aromatic rings. The minimum Gasteiger partial charge on any atom is -0.395 e. The zero-order valence-corrected chi connectivity index (χ0v) is 11.4. The van der Waals surface area contributed by atoms with Crippen LogP contribution in [-0.2, 0) is 9.47 Å². The minimum absolute atomic E-state index is 0.268. The zero-order valence-electron chi connectivity index (χ0n) is 11.4. The summed E-state index contributed by atoms with van der Waals surface area (Å²) in [4.78, 5) is 0. The summed E-state index contributed by atoms with van der Waals surface area (Å²) in [6, 6.07) is -0.548. The van der Waals surface area contributed by atoms with Crippen molar-refractivity contribution >= 4 is 0 Å². The molecule has 9 heteroatoms. The lowest BCUT2D eigenvalue weighted by atomic mass is 9.97. The molecular formula is C12H23NO8. The SMILES string of the molecule is OC[C@H]1NCC[C@@H](O[C@H]2O[C@H](CO)[C@H](O)[C@H](O)[C@H]2O)[C@@H]1O. The van der Waals surface area contributed by atoms with Crippen molar-refractivity contribution in [3.63, 3.8) is 0 Å². The molecule has 0 aromatic carbocycles. The number of aliphatic hydroxyl groups excluding tert-OH is 6. The van der Waals surface area contributed by atoms with Gasteiger partial charge in [0.2, 0.25) is 0 Å². The Morgan fingerprint density at radius 3 is 2.29 bits per heavy atom. The van der Waals surface area contributed by atoms with Gasteiger partial charge < -0.3 is 45.4 Å². The number of piperidine rings is 1. The summed E-state index contributed by atoms with van der Waals surface area (Å²) in [6.07, 6.45) is -8.09. The van der Waals surface area contributed by atoms with Gasteiger partial charge in [0.15, 0.2) is 6.29 Å². The third-order valence-corrected chi connectivity index (χ3v) is 3.98. The first-order chi connectivity index (χ1) is 9.99. The normalized spacial score (nSPS) is 48.3. The largest absolute Gasteiger partial charge is 0.395 e. The highest BCUT2D eigenvalue weighted by Crippen LogP contribution is 2.25. The highest BCUT2D eigenvalue weighted by Gasteiger charge is 2.46. The maximum absolute atomic E-state index is 10.0. The second kappa shape index (κ2) is 7.27. The van der Waals surface area contributed by atoms with Gasteiger partial charge in [-0.05, 0) is 13.0 Å². The summed E-state index contributed by atoms with van der Waals surface area (Å²) in [5.41, 5.74) is 0. The van der Waals surface area contributed by atoms with Crippen molar-refractivity contribution in [2.24, 2.45) is 0 Å². The smallest absolute Gasteiger partial charge is 0.187 e. The van der Waals surface area contributed by atoms with Gasteiger partial charge in [0.05, 0.1) is 31.5 Å². The van der Waals surface area contributed by atoms with E-state index in [4.69, 9.17) is 19.7 Å². The molecule has 0 spiro atoms. The van der Waals surface area contributed by atoms with E-state index in [2.05, 4.69) is 5.32 Å². The van der Waals surface area contributed by atoms with E-state index in [9.17, 15) is 20.4 Å². The lowest BCUT2D eigenvalue weighted by molar-refractivity contribution is -0.319. The quantitative estimate of drug-likeness (QED) is 0.275. The first kappa shape index (κ1) is 17.0. The Kier molecular flexibility index (Phi) is 5.88. The van der Waals surface area contributed by atoms with Crippen molar-refractivity contribution in [2.45, 2.75) is 55.4 Å². The van der Waals surface area contributed by atoms with Gasteiger partial charge >= 0.3 is 0 Å². The molecule has 9 nitrogen and oxygen atoms in total. The van der Waals surface area contributed by atoms with E-state index in [0.29, 0.717) is 13.0 Å². The number of rotatable bonds is 4. The maximum atomic E-state index is 10.0. The van der Waals surface area contributed by atoms with Crippen molar-refractivity contribution in [1.29, 1.82) is 0 Å². The molecule has 0 aromatic heterocycles. The van der Waals surface area contributed by atoms with Gasteiger partial charge in [-0.1, -0.05) is 0 Å². The fourth-order valence-corrected chi connectivity index (χ4v) is 2.63. The number of hydrogen-bond acceptors (Lipinski definition) is 9. The van der Waals surface area contributed by atoms with Gasteiger partial charge in [0.1, 0.15) is 24.4 Å². The Morgan fingerprint density at radius 2 is 1.67 bits per heavy atom. The van der Waals surface area contributed by atoms with Crippen LogP contribution in [0.25, 0.3) is 0 Å². The molecule has 0 unspecified atom stereocenters. The fraction of sp³-hybridized carbons (Fsp3) is 1.00. The van der Waals surface area contributed by atoms with Crippen LogP contribution in [-0.4, -0.2) is 99.4 Å². The van der Waals surface area contributed by atoms with Gasteiger partial charge in [-0.25, -0.2) is 0 Å². The number of ether oxygens (including phenoxy) is 2. The third-order valence-electron chi connectivity index (χ3n) is 3.98. The van der Waals surface area contributed by atoms with E-state index >= 15 is 0 Å². The van der Waals surface area contributed by atoms with Crippen molar-refractivity contribution in [3.05, 3.63) is 0 Å². The lowest BCUT2D eigenvalue weighted by Gasteiger charge is -2.43. The molecule has 0 aliphatic carbocycles. The van der Waals surface area contributed by atoms with Crippen molar-refractivity contribution in [3.8, 4) is 0 Å². The molecule has 0 amide bonds. The van der Waals surface area contributed by atoms with Crippen LogP contribution >= 0.6 is 0 Å². The molecule has 124 valence electrons. The average Bonchev–Trinajstić information content (AvgIpc) is 2.49. The Bertz CT molecular complexity index is 330. The van der Waals surface area contributed by atoms with Crippen LogP contribution in [0.3, 0.4) is 0 Å². The molecular weight excluding hydrogens is 286 g/mol. The predicted molar refractivity (Wildman–Crippen MR) is 68.1 cm³/mol. The third kappa shape index (κ3) is 3.52. The minimum atomic E-state index is -1.52. The second-order valence-electron chi connectivity index (χ2n) is 5.39. The molecule has 2 aliphatic rings. The summed E-state index contributed by atoms with van der Waals surface area (Å²) < 4.78 is 10.7. The average molecular weight is 309 g/mol. The summed E-state index contributed by atoms with van der Waals surface area (Å²) in [7, 11) is 0. The fourth-order valence-electron chi connectivity index (χ4n) is 2.63. The van der Waals surface area contributed by atoms with Gasteiger partial charge in [-0.15, -0.1) is 0 Å². The molecule has 7 N–H and O–H groups in total. The first-order valence-corrected chi connectivity index (χ1v) is 6.98. The number of nitrogens with one attached hydrogen (secondary N) is 1. The zero-order chi connectivity index (χ0) is 15.6. The molecule has 0 saturated carbocycles. The van der Waals surface area contributed by atoms with E-state index < -0.39 is 55.6 Å². The van der Waals surface area contributed by atoms with Gasteiger partial charge in [0.25, 0.3) is 0 Å². The van der Waals surface area contributed by atoms with Crippen molar-refractivity contribution < 1.29 is 40.1 Å². The molecule has 21 heavy (non-hydrogen) atoms. The van der Waals surface area contributed by atoms with E-state index in [1.54, 1.807) is 0 Å². The van der Waals surface area contributed by atoms with Crippen LogP contribution in [0.1, 0.15) is 6.42 Å². The Hall–Kier alpha value is -0.360. The summed E-state index contributed by atoms with van der Waals surface area (Å²) in [5, 5.41) is 60.4. The standard InChI is InChI=1S/C12H23NO8/c14-3-5-8(16)6(1-2-13-5)20-12-11(19)10(18)9(17)7(4-15)21-12/h5-19H,1-4H2/t5-,6-,7-,8-,9+,10+,11-,12+/m1/s1. The summed E-state index contributed by atoms with van der Waals surface area (Å²) in [5.74, 6) is 0. The highest BCUT2D eigenvalue weighted by molar-refractivity contribution is 4.92. The Labute approximate surface area is 121 Å². The molecule has 2 fully saturated rings. The van der Waals surface area contributed by atoms with E-state index in [0.717, 1.165) is 0 Å². The molecule has 2 heterocycles. The van der Waals surface area contributed by atoms with E-state index in [-0.39, 0.29) is 6.61 Å². The van der Waals surface area contributed by atoms with Crippen LogP contribution in [0.15, 0.2) is 0 Å². The van der Waals surface area contributed by atoms with Crippen LogP contribution in [0.5, 0.6) is 0 Å². The Morgan fingerprint density at radius 1 is 0.952 bits per heavy atom. The lowest BCUT2D eigenvalue weighted by Crippen LogP contribution is -2.62. The Balaban J connectivity index is 2.00. The predicted octanol–water partition coefficient (Wildman–Crippen LogP) is -4.11. The molecule has 2 rings (SSSR count). The monoisotopic (exact) mass is 309 g/mol. The maximum Gasteiger partial charge on any atom is 0.187 e.